The third-order valence-electron chi connectivity index (χ3n) is 5.77. The van der Waals surface area contributed by atoms with E-state index in [9.17, 15) is 21.6 Å². The van der Waals surface area contributed by atoms with E-state index in [0.717, 1.165) is 16.4 Å². The summed E-state index contributed by atoms with van der Waals surface area (Å²) in [4.78, 5) is 3.53. The van der Waals surface area contributed by atoms with Crippen LogP contribution in [-0.2, 0) is 20.9 Å². The number of hydrogen-bond acceptors (Lipinski definition) is 6. The second-order valence-corrected chi connectivity index (χ2v) is 9.40. The number of aromatic nitrogens is 2. The topological polar surface area (TPSA) is 85.5 Å². The van der Waals surface area contributed by atoms with Crippen molar-refractivity contribution in [3.8, 4) is 0 Å². The van der Waals surface area contributed by atoms with E-state index >= 15 is 0 Å². The molecule has 1 unspecified atom stereocenters. The first-order valence-electron chi connectivity index (χ1n) is 9.18. The van der Waals surface area contributed by atoms with Crippen LogP contribution in [0.5, 0.6) is 0 Å². The maximum absolute atomic E-state index is 13.4. The van der Waals surface area contributed by atoms with Crippen LogP contribution in [-0.4, -0.2) is 49.2 Å². The fraction of sp³-hybridized carbons (Fsp3) is 0.556. The molecule has 2 saturated heterocycles. The first-order chi connectivity index (χ1) is 13.6. The Balaban J connectivity index is 1.74. The molecule has 3 heterocycles. The van der Waals surface area contributed by atoms with Gasteiger partial charge in [-0.25, -0.2) is 8.42 Å². The van der Waals surface area contributed by atoms with Gasteiger partial charge in [0.15, 0.2) is 5.82 Å². The van der Waals surface area contributed by atoms with Gasteiger partial charge in [-0.15, -0.1) is 0 Å². The number of benzene rings is 1. The van der Waals surface area contributed by atoms with Crippen molar-refractivity contribution in [3.63, 3.8) is 0 Å². The highest BCUT2D eigenvalue weighted by atomic mass is 32.2. The van der Waals surface area contributed by atoms with Gasteiger partial charge in [0.25, 0.3) is 0 Å². The Bertz CT molecular complexity index is 1000. The molecule has 2 fully saturated rings. The van der Waals surface area contributed by atoms with Crippen LogP contribution in [0.2, 0.25) is 0 Å². The van der Waals surface area contributed by atoms with Crippen LogP contribution < -0.4 is 0 Å². The zero-order valence-corrected chi connectivity index (χ0v) is 16.5. The van der Waals surface area contributed by atoms with E-state index in [1.165, 1.54) is 12.1 Å². The molecule has 0 amide bonds. The number of aryl methyl sites for hydroxylation is 1. The van der Waals surface area contributed by atoms with Crippen molar-refractivity contribution in [1.82, 2.24) is 14.4 Å². The average molecular weight is 431 g/mol. The molecule has 7 nitrogen and oxygen atoms in total. The quantitative estimate of drug-likeness (QED) is 0.743. The summed E-state index contributed by atoms with van der Waals surface area (Å²) in [6.07, 6.45) is -3.64. The molecule has 1 aromatic carbocycles. The summed E-state index contributed by atoms with van der Waals surface area (Å²) in [5.74, 6) is 0.355. The van der Waals surface area contributed by atoms with E-state index in [4.69, 9.17) is 9.26 Å². The van der Waals surface area contributed by atoms with Gasteiger partial charge in [-0.2, -0.15) is 22.5 Å². The number of alkyl halides is 3. The zero-order chi connectivity index (χ0) is 20.9. The molecule has 4 rings (SSSR count). The molecule has 11 heteroatoms. The first kappa shape index (κ1) is 20.3. The third kappa shape index (κ3) is 3.55. The molecule has 1 spiro atoms. The Morgan fingerprint density at radius 2 is 1.90 bits per heavy atom. The smallest absolute Gasteiger partial charge is 0.381 e. The van der Waals surface area contributed by atoms with Gasteiger partial charge in [0.2, 0.25) is 15.9 Å². The summed E-state index contributed by atoms with van der Waals surface area (Å²) in [5, 5.41) is 3.96. The minimum Gasteiger partial charge on any atom is -0.381 e. The van der Waals surface area contributed by atoms with Crippen LogP contribution in [0, 0.1) is 12.3 Å². The third-order valence-corrected chi connectivity index (χ3v) is 7.64. The first-order valence-corrected chi connectivity index (χ1v) is 10.6. The predicted octanol–water partition coefficient (Wildman–Crippen LogP) is 2.98. The number of ether oxygens (including phenoxy) is 1. The molecule has 0 radical (unpaired) electrons. The van der Waals surface area contributed by atoms with E-state index in [2.05, 4.69) is 10.1 Å². The van der Waals surface area contributed by atoms with E-state index < -0.39 is 32.1 Å². The van der Waals surface area contributed by atoms with Crippen LogP contribution in [0.1, 0.15) is 36.0 Å². The van der Waals surface area contributed by atoms with Crippen LogP contribution in [0.3, 0.4) is 0 Å². The lowest BCUT2D eigenvalue weighted by atomic mass is 9.72. The van der Waals surface area contributed by atoms with Crippen molar-refractivity contribution in [2.24, 2.45) is 5.41 Å². The molecule has 2 aliphatic heterocycles. The lowest BCUT2D eigenvalue weighted by Crippen LogP contribution is -2.37. The number of sulfonamides is 1. The molecular weight excluding hydrogens is 411 g/mol. The van der Waals surface area contributed by atoms with Crippen molar-refractivity contribution < 1.29 is 30.8 Å². The summed E-state index contributed by atoms with van der Waals surface area (Å²) in [6.45, 7) is 2.60. The molecule has 0 bridgehead atoms. The van der Waals surface area contributed by atoms with Gasteiger partial charge in [0.1, 0.15) is 0 Å². The highest BCUT2D eigenvalue weighted by Crippen LogP contribution is 2.50. The van der Waals surface area contributed by atoms with Crippen molar-refractivity contribution in [2.45, 2.75) is 36.8 Å². The predicted molar refractivity (Wildman–Crippen MR) is 94.5 cm³/mol. The zero-order valence-electron chi connectivity index (χ0n) is 15.6. The second-order valence-electron chi connectivity index (χ2n) is 7.49. The highest BCUT2D eigenvalue weighted by molar-refractivity contribution is 7.89. The SMILES string of the molecule is Cc1nc(C2CN(S(=O)(=O)c3ccccc3C(F)(F)F)CC23CCOCC3)no1. The Hall–Kier alpha value is -1.98. The monoisotopic (exact) mass is 431 g/mol. The maximum Gasteiger partial charge on any atom is 0.417 e. The van der Waals surface area contributed by atoms with Gasteiger partial charge in [-0.3, -0.25) is 0 Å². The number of rotatable bonds is 3. The van der Waals surface area contributed by atoms with Crippen LogP contribution >= 0.6 is 0 Å². The molecule has 2 aromatic rings. The molecule has 0 saturated carbocycles. The van der Waals surface area contributed by atoms with Crippen molar-refractivity contribution in [1.29, 1.82) is 0 Å². The van der Waals surface area contributed by atoms with Gasteiger partial charge in [-0.05, 0) is 30.4 Å². The summed E-state index contributed by atoms with van der Waals surface area (Å²) in [7, 11) is -4.38. The van der Waals surface area contributed by atoms with E-state index in [1.807, 2.05) is 0 Å². The van der Waals surface area contributed by atoms with Crippen molar-refractivity contribution in [2.75, 3.05) is 26.3 Å². The molecule has 1 aromatic heterocycles. The summed E-state index contributed by atoms with van der Waals surface area (Å²) in [5.41, 5.74) is -1.67. The Morgan fingerprint density at radius 3 is 2.52 bits per heavy atom. The summed E-state index contributed by atoms with van der Waals surface area (Å²) >= 11 is 0. The standard InChI is InChI=1S/C18H20F3N3O4S/c1-12-22-16(23-28-12)14-10-24(11-17(14)6-8-27-9-7-17)29(25,26)15-5-3-2-4-13(15)18(19,20)21/h2-5,14H,6-11H2,1H3. The molecular formula is C18H20F3N3O4S. The molecule has 0 N–H and O–H groups in total. The van der Waals surface area contributed by atoms with E-state index in [0.29, 0.717) is 37.8 Å². The van der Waals surface area contributed by atoms with Crippen LogP contribution in [0.15, 0.2) is 33.7 Å². The minimum absolute atomic E-state index is 0.00645. The molecule has 1 atom stereocenters. The van der Waals surface area contributed by atoms with Gasteiger partial charge in [0.05, 0.1) is 10.5 Å². The maximum atomic E-state index is 13.4. The lowest BCUT2D eigenvalue weighted by molar-refractivity contribution is -0.139. The van der Waals surface area contributed by atoms with Gasteiger partial charge >= 0.3 is 6.18 Å². The molecule has 2 aliphatic rings. The van der Waals surface area contributed by atoms with Crippen LogP contribution in [0.4, 0.5) is 13.2 Å². The summed E-state index contributed by atoms with van der Waals surface area (Å²) in [6, 6.07) is 4.26. The van der Waals surface area contributed by atoms with Gasteiger partial charge in [0, 0.05) is 39.1 Å². The summed E-state index contributed by atoms with van der Waals surface area (Å²) < 4.78 is 78.4. The molecule has 29 heavy (non-hydrogen) atoms. The fourth-order valence-corrected chi connectivity index (χ4v) is 6.03. The Morgan fingerprint density at radius 1 is 1.21 bits per heavy atom. The highest BCUT2D eigenvalue weighted by Gasteiger charge is 2.53. The second kappa shape index (κ2) is 7.06. The Kier molecular flexibility index (Phi) is 4.94. The number of nitrogens with zero attached hydrogens (tertiary/aromatic N) is 3. The number of hydrogen-bond donors (Lipinski definition) is 0. The lowest BCUT2D eigenvalue weighted by Gasteiger charge is -2.36. The largest absolute Gasteiger partial charge is 0.417 e. The van der Waals surface area contributed by atoms with Gasteiger partial charge < -0.3 is 9.26 Å². The van der Waals surface area contributed by atoms with Crippen molar-refractivity contribution in [3.05, 3.63) is 41.5 Å². The molecule has 158 valence electrons. The normalized spacial score (nSPS) is 23.0. The molecule has 0 aliphatic carbocycles. The number of halogens is 3. The fourth-order valence-electron chi connectivity index (χ4n) is 4.27. The Labute approximate surface area is 165 Å². The van der Waals surface area contributed by atoms with E-state index in [-0.39, 0.29) is 19.0 Å². The minimum atomic E-state index is -4.77. The van der Waals surface area contributed by atoms with Gasteiger partial charge in [-0.1, -0.05) is 17.3 Å². The van der Waals surface area contributed by atoms with Crippen LogP contribution in [0.25, 0.3) is 0 Å². The average Bonchev–Trinajstić information content (AvgIpc) is 3.26. The van der Waals surface area contributed by atoms with E-state index in [1.54, 1.807) is 6.92 Å². The van der Waals surface area contributed by atoms with Crippen molar-refractivity contribution >= 4 is 10.0 Å².